The molecule has 0 unspecified atom stereocenters. The van der Waals surface area contributed by atoms with Crippen molar-refractivity contribution in [2.75, 3.05) is 5.32 Å². The average Bonchev–Trinajstić information content (AvgIpc) is 2.41. The number of aromatic hydroxyl groups is 1. The van der Waals surface area contributed by atoms with Crippen molar-refractivity contribution in [2.24, 2.45) is 5.73 Å². The van der Waals surface area contributed by atoms with Gasteiger partial charge in [-0.3, -0.25) is 4.79 Å². The minimum absolute atomic E-state index is 0.168. The molecule has 1 rings (SSSR count). The van der Waals surface area contributed by atoms with Gasteiger partial charge in [-0.05, 0) is 43.2 Å². The van der Waals surface area contributed by atoms with Crippen LogP contribution in [0.15, 0.2) is 59.5 Å². The van der Waals surface area contributed by atoms with Crippen LogP contribution in [0.1, 0.15) is 20.3 Å². The van der Waals surface area contributed by atoms with E-state index in [1.165, 1.54) is 0 Å². The first-order chi connectivity index (χ1) is 9.56. The molecule has 1 aromatic carbocycles. The van der Waals surface area contributed by atoms with Crippen LogP contribution >= 0.6 is 0 Å². The fourth-order valence-corrected chi connectivity index (χ4v) is 1.62. The Bertz CT molecular complexity index is 557. The molecule has 20 heavy (non-hydrogen) atoms. The van der Waals surface area contributed by atoms with Crippen molar-refractivity contribution < 1.29 is 9.90 Å². The molecule has 0 spiro atoms. The lowest BCUT2D eigenvalue weighted by Crippen LogP contribution is -2.02. The van der Waals surface area contributed by atoms with Crippen molar-refractivity contribution >= 4 is 12.0 Å². The van der Waals surface area contributed by atoms with Gasteiger partial charge in [0, 0.05) is 11.4 Å². The number of anilines is 1. The van der Waals surface area contributed by atoms with E-state index in [1.807, 2.05) is 19.1 Å². The van der Waals surface area contributed by atoms with Gasteiger partial charge in [0.25, 0.3) is 0 Å². The Morgan fingerprint density at radius 2 is 2.05 bits per heavy atom. The van der Waals surface area contributed by atoms with Crippen LogP contribution in [0.25, 0.3) is 0 Å². The van der Waals surface area contributed by atoms with Gasteiger partial charge in [-0.1, -0.05) is 25.1 Å². The number of para-hydroxylation sites is 2. The number of nitrogens with two attached hydrogens (primary N) is 1. The summed E-state index contributed by atoms with van der Waals surface area (Å²) in [4.78, 5) is 10.6. The Kier molecular flexibility index (Phi) is 6.10. The van der Waals surface area contributed by atoms with Crippen LogP contribution in [0.2, 0.25) is 0 Å². The molecule has 0 heterocycles. The van der Waals surface area contributed by atoms with E-state index >= 15 is 0 Å². The molecule has 0 aliphatic rings. The lowest BCUT2D eigenvalue weighted by Gasteiger charge is -2.09. The van der Waals surface area contributed by atoms with Gasteiger partial charge in [0.15, 0.2) is 0 Å². The standard InChI is InChI=1S/C16H20N2O2/c1-3-6-14(10-13(17)9-12(2)11-19)18-15-7-4-5-8-16(15)20/h4-11,18,20H,3,17H2,1-2H3/b12-9+,13-10+,14-6-. The second kappa shape index (κ2) is 7.84. The highest BCUT2D eigenvalue weighted by Gasteiger charge is 2.01. The second-order valence-electron chi connectivity index (χ2n) is 4.36. The second-order valence-corrected chi connectivity index (χ2v) is 4.36. The number of allylic oxidation sites excluding steroid dienone is 4. The van der Waals surface area contributed by atoms with E-state index in [-0.39, 0.29) is 5.75 Å². The summed E-state index contributed by atoms with van der Waals surface area (Å²) in [6, 6.07) is 6.96. The summed E-state index contributed by atoms with van der Waals surface area (Å²) in [7, 11) is 0. The van der Waals surface area contributed by atoms with Crippen molar-refractivity contribution in [3.8, 4) is 5.75 Å². The maximum absolute atomic E-state index is 10.6. The molecule has 4 N–H and O–H groups in total. The first-order valence-electron chi connectivity index (χ1n) is 6.42. The largest absolute Gasteiger partial charge is 0.506 e. The van der Waals surface area contributed by atoms with E-state index in [0.717, 1.165) is 18.4 Å². The molecule has 0 amide bonds. The molecule has 0 aliphatic carbocycles. The summed E-state index contributed by atoms with van der Waals surface area (Å²) in [6.45, 7) is 3.69. The number of hydrogen-bond donors (Lipinski definition) is 3. The molecule has 0 atom stereocenters. The maximum atomic E-state index is 10.6. The third-order valence-electron chi connectivity index (χ3n) is 2.51. The van der Waals surface area contributed by atoms with E-state index in [1.54, 1.807) is 37.3 Å². The van der Waals surface area contributed by atoms with Crippen LogP contribution in [-0.4, -0.2) is 11.4 Å². The van der Waals surface area contributed by atoms with Crippen molar-refractivity contribution in [3.63, 3.8) is 0 Å². The van der Waals surface area contributed by atoms with Crippen LogP contribution in [0.4, 0.5) is 5.69 Å². The zero-order valence-electron chi connectivity index (χ0n) is 11.8. The van der Waals surface area contributed by atoms with E-state index in [2.05, 4.69) is 5.32 Å². The molecule has 0 fully saturated rings. The number of aldehydes is 1. The molecule has 0 aromatic heterocycles. The summed E-state index contributed by atoms with van der Waals surface area (Å²) >= 11 is 0. The molecule has 0 saturated carbocycles. The van der Waals surface area contributed by atoms with E-state index in [9.17, 15) is 9.90 Å². The van der Waals surface area contributed by atoms with E-state index < -0.39 is 0 Å². The maximum Gasteiger partial charge on any atom is 0.145 e. The number of phenolic OH excluding ortho intramolecular Hbond substituents is 1. The summed E-state index contributed by atoms with van der Waals surface area (Å²) < 4.78 is 0. The van der Waals surface area contributed by atoms with Crippen molar-refractivity contribution in [1.82, 2.24) is 0 Å². The van der Waals surface area contributed by atoms with Crippen molar-refractivity contribution in [2.45, 2.75) is 20.3 Å². The Morgan fingerprint density at radius 3 is 2.65 bits per heavy atom. The topological polar surface area (TPSA) is 75.4 Å². The Hall–Kier alpha value is -2.49. The minimum atomic E-state index is 0.168. The molecule has 0 bridgehead atoms. The lowest BCUT2D eigenvalue weighted by atomic mass is 10.2. The normalized spacial score (nSPS) is 13.2. The number of phenols is 1. The zero-order valence-corrected chi connectivity index (χ0v) is 11.8. The molecule has 0 saturated heterocycles. The smallest absolute Gasteiger partial charge is 0.145 e. The van der Waals surface area contributed by atoms with E-state index in [4.69, 9.17) is 5.73 Å². The summed E-state index contributed by atoms with van der Waals surface area (Å²) in [5, 5.41) is 12.9. The van der Waals surface area contributed by atoms with Crippen LogP contribution in [0.5, 0.6) is 5.75 Å². The van der Waals surface area contributed by atoms with Gasteiger partial charge < -0.3 is 16.2 Å². The average molecular weight is 272 g/mol. The first kappa shape index (κ1) is 15.6. The van der Waals surface area contributed by atoms with Crippen LogP contribution in [0.3, 0.4) is 0 Å². The molecule has 1 aromatic rings. The quantitative estimate of drug-likeness (QED) is 0.322. The molecular weight excluding hydrogens is 252 g/mol. The SMILES string of the molecule is CC/C=C(/C=C(N)\C=C(/C)C=O)Nc1ccccc1O. The first-order valence-corrected chi connectivity index (χ1v) is 6.42. The van der Waals surface area contributed by atoms with Crippen LogP contribution in [-0.2, 0) is 4.79 Å². The minimum Gasteiger partial charge on any atom is -0.506 e. The van der Waals surface area contributed by atoms with Crippen LogP contribution in [0, 0.1) is 0 Å². The summed E-state index contributed by atoms with van der Waals surface area (Å²) in [5.74, 6) is 0.168. The van der Waals surface area contributed by atoms with Crippen LogP contribution < -0.4 is 11.1 Å². The molecule has 4 heteroatoms. The fraction of sp³-hybridized carbons (Fsp3) is 0.188. The number of nitrogens with one attached hydrogen (secondary N) is 1. The van der Waals surface area contributed by atoms with Crippen molar-refractivity contribution in [1.29, 1.82) is 0 Å². The van der Waals surface area contributed by atoms with Gasteiger partial charge in [-0.15, -0.1) is 0 Å². The lowest BCUT2D eigenvalue weighted by molar-refractivity contribution is -0.104. The monoisotopic (exact) mass is 272 g/mol. The number of carbonyl (C=O) groups is 1. The number of benzene rings is 1. The zero-order chi connectivity index (χ0) is 15.0. The Morgan fingerprint density at radius 1 is 1.35 bits per heavy atom. The third-order valence-corrected chi connectivity index (χ3v) is 2.51. The van der Waals surface area contributed by atoms with Gasteiger partial charge >= 0.3 is 0 Å². The van der Waals surface area contributed by atoms with Gasteiger partial charge in [0.1, 0.15) is 12.0 Å². The molecule has 4 nitrogen and oxygen atoms in total. The Balaban J connectivity index is 2.97. The number of rotatable bonds is 6. The van der Waals surface area contributed by atoms with Gasteiger partial charge in [-0.2, -0.15) is 0 Å². The van der Waals surface area contributed by atoms with Gasteiger partial charge in [0.2, 0.25) is 0 Å². The van der Waals surface area contributed by atoms with Crippen molar-refractivity contribution in [3.05, 3.63) is 59.5 Å². The predicted octanol–water partition coefficient (Wildman–Crippen LogP) is 3.09. The summed E-state index contributed by atoms with van der Waals surface area (Å²) in [6.07, 6.45) is 6.84. The van der Waals surface area contributed by atoms with Gasteiger partial charge in [-0.25, -0.2) is 0 Å². The predicted molar refractivity (Wildman–Crippen MR) is 82.2 cm³/mol. The highest BCUT2D eigenvalue weighted by atomic mass is 16.3. The fourth-order valence-electron chi connectivity index (χ4n) is 1.62. The molecule has 0 radical (unpaired) electrons. The molecule has 106 valence electrons. The third kappa shape index (κ3) is 5.02. The molecular formula is C16H20N2O2. The Labute approximate surface area is 119 Å². The highest BCUT2D eigenvalue weighted by molar-refractivity contribution is 5.73. The summed E-state index contributed by atoms with van der Waals surface area (Å²) in [5.41, 5.74) is 8.25. The number of carbonyl (C=O) groups excluding carboxylic acids is 1. The highest BCUT2D eigenvalue weighted by Crippen LogP contribution is 2.23. The number of hydrogen-bond acceptors (Lipinski definition) is 4. The van der Waals surface area contributed by atoms with E-state index in [0.29, 0.717) is 17.0 Å². The molecule has 0 aliphatic heterocycles. The van der Waals surface area contributed by atoms with Gasteiger partial charge in [0.05, 0.1) is 5.69 Å².